The molecule has 2 rings (SSSR count). The number of hydrogen-bond donors (Lipinski definition) is 3. The predicted octanol–water partition coefficient (Wildman–Crippen LogP) is 1.51. The number of aryl methyl sites for hydroxylation is 2. The zero-order valence-electron chi connectivity index (χ0n) is 16.7. The molecule has 0 spiro atoms. The fourth-order valence-corrected chi connectivity index (χ4v) is 3.44. The van der Waals surface area contributed by atoms with Crippen molar-refractivity contribution in [3.8, 4) is 0 Å². The van der Waals surface area contributed by atoms with E-state index in [1.807, 2.05) is 20.8 Å². The molecule has 1 fully saturated rings. The summed E-state index contributed by atoms with van der Waals surface area (Å²) in [5.41, 5.74) is 3.40. The fourth-order valence-electron chi connectivity index (χ4n) is 3.14. The Labute approximate surface area is 163 Å². The Morgan fingerprint density at radius 3 is 2.58 bits per heavy atom. The summed E-state index contributed by atoms with van der Waals surface area (Å²) in [6.45, 7) is 14.5. The van der Waals surface area contributed by atoms with E-state index in [0.717, 1.165) is 43.4 Å². The molecule has 1 aromatic rings. The lowest BCUT2D eigenvalue weighted by Crippen LogP contribution is -3.13. The van der Waals surface area contributed by atoms with Gasteiger partial charge in [0, 0.05) is 24.2 Å². The lowest BCUT2D eigenvalue weighted by atomic mass is 10.1. The van der Waals surface area contributed by atoms with E-state index in [1.165, 1.54) is 16.0 Å². The molecule has 1 atom stereocenters. The second-order valence-corrected chi connectivity index (χ2v) is 8.68. The van der Waals surface area contributed by atoms with Crippen LogP contribution in [0.3, 0.4) is 0 Å². The molecule has 1 aliphatic heterocycles. The van der Waals surface area contributed by atoms with E-state index in [1.54, 1.807) is 0 Å². The van der Waals surface area contributed by atoms with E-state index in [9.17, 15) is 4.79 Å². The number of nitrogens with zero attached hydrogens (tertiary/aromatic N) is 1. The quantitative estimate of drug-likeness (QED) is 0.699. The highest BCUT2D eigenvalue weighted by Crippen LogP contribution is 2.15. The molecule has 26 heavy (non-hydrogen) atoms. The molecule has 144 valence electrons. The van der Waals surface area contributed by atoms with Crippen LogP contribution in [0, 0.1) is 13.8 Å². The zero-order valence-corrected chi connectivity index (χ0v) is 17.6. The number of benzene rings is 1. The van der Waals surface area contributed by atoms with Crippen LogP contribution in [0.4, 0.5) is 5.69 Å². The summed E-state index contributed by atoms with van der Waals surface area (Å²) in [5.74, 6) is 0.122. The molecule has 1 amide bonds. The third kappa shape index (κ3) is 6.57. The van der Waals surface area contributed by atoms with Gasteiger partial charge in [0.15, 0.2) is 11.7 Å². The smallest absolute Gasteiger partial charge is 0.275 e. The number of nitrogens with one attached hydrogen (secondary N) is 3. The van der Waals surface area contributed by atoms with E-state index >= 15 is 0 Å². The third-order valence-electron chi connectivity index (χ3n) is 4.66. The molecular formula is C20H33N4OS+. The van der Waals surface area contributed by atoms with Crippen LogP contribution in [0.15, 0.2) is 18.2 Å². The van der Waals surface area contributed by atoms with Gasteiger partial charge in [0.25, 0.3) is 5.91 Å². The van der Waals surface area contributed by atoms with Crippen LogP contribution in [0.5, 0.6) is 0 Å². The summed E-state index contributed by atoms with van der Waals surface area (Å²) in [4.78, 5) is 15.7. The van der Waals surface area contributed by atoms with Crippen molar-refractivity contribution in [2.75, 3.05) is 38.0 Å². The molecule has 5 nitrogen and oxygen atoms in total. The van der Waals surface area contributed by atoms with Crippen molar-refractivity contribution in [1.29, 1.82) is 0 Å². The second-order valence-electron chi connectivity index (χ2n) is 8.29. The number of carbonyl (C=O) groups is 1. The molecule has 0 bridgehead atoms. The summed E-state index contributed by atoms with van der Waals surface area (Å²) in [7, 11) is 0. The Kier molecular flexibility index (Phi) is 7.01. The standard InChI is InChI=1S/C20H32N4OS/c1-15-7-8-17(13-16(15)2)21-19(26)24-10-6-9-23(11-12-24)14-18(25)22-20(3,4)5/h7-8,13H,6,9-12,14H2,1-5H3,(H,21,26)(H,22,25)/p+1. The van der Waals surface area contributed by atoms with Gasteiger partial charge in [0.05, 0.1) is 19.6 Å². The summed E-state index contributed by atoms with van der Waals surface area (Å²) < 4.78 is 0. The maximum Gasteiger partial charge on any atom is 0.275 e. The third-order valence-corrected chi connectivity index (χ3v) is 5.02. The van der Waals surface area contributed by atoms with Crippen LogP contribution < -0.4 is 15.5 Å². The fraction of sp³-hybridized carbons (Fsp3) is 0.600. The molecule has 0 aliphatic carbocycles. The van der Waals surface area contributed by atoms with Gasteiger partial charge in [0.1, 0.15) is 0 Å². The normalized spacial score (nSPS) is 18.2. The summed E-state index contributed by atoms with van der Waals surface area (Å²) >= 11 is 5.62. The van der Waals surface area contributed by atoms with Gasteiger partial charge < -0.3 is 20.4 Å². The molecule has 0 saturated carbocycles. The Bertz CT molecular complexity index is 654. The van der Waals surface area contributed by atoms with Crippen LogP contribution in [0.1, 0.15) is 38.3 Å². The van der Waals surface area contributed by atoms with Gasteiger partial charge in [-0.05, 0) is 70.1 Å². The van der Waals surface area contributed by atoms with Gasteiger partial charge in [-0.25, -0.2) is 0 Å². The molecule has 0 aromatic heterocycles. The first kappa shape index (κ1) is 20.6. The highest BCUT2D eigenvalue weighted by molar-refractivity contribution is 7.80. The summed E-state index contributed by atoms with van der Waals surface area (Å²) in [6.07, 6.45) is 1.03. The lowest BCUT2D eigenvalue weighted by Gasteiger charge is -2.24. The van der Waals surface area contributed by atoms with Crippen LogP contribution in [-0.4, -0.2) is 54.2 Å². The molecule has 1 unspecified atom stereocenters. The van der Waals surface area contributed by atoms with Gasteiger partial charge in [-0.2, -0.15) is 0 Å². The molecule has 1 aliphatic rings. The Balaban J connectivity index is 1.86. The number of hydrogen-bond acceptors (Lipinski definition) is 2. The Hall–Kier alpha value is -1.66. The van der Waals surface area contributed by atoms with E-state index < -0.39 is 0 Å². The molecule has 1 heterocycles. The van der Waals surface area contributed by atoms with Gasteiger partial charge in [-0.15, -0.1) is 0 Å². The predicted molar refractivity (Wildman–Crippen MR) is 112 cm³/mol. The van der Waals surface area contributed by atoms with Crippen LogP contribution in [-0.2, 0) is 4.79 Å². The average molecular weight is 378 g/mol. The number of rotatable bonds is 3. The molecule has 0 radical (unpaired) electrons. The topological polar surface area (TPSA) is 48.8 Å². The minimum absolute atomic E-state index is 0.122. The number of quaternary nitrogens is 1. The number of carbonyl (C=O) groups excluding carboxylic acids is 1. The number of anilines is 1. The molecular weight excluding hydrogens is 344 g/mol. The number of thiocarbonyl (C=S) groups is 1. The van der Waals surface area contributed by atoms with E-state index in [4.69, 9.17) is 12.2 Å². The van der Waals surface area contributed by atoms with Gasteiger partial charge in [-0.3, -0.25) is 4.79 Å². The van der Waals surface area contributed by atoms with Crippen molar-refractivity contribution in [2.24, 2.45) is 0 Å². The van der Waals surface area contributed by atoms with Gasteiger partial charge in [0.2, 0.25) is 0 Å². The van der Waals surface area contributed by atoms with Crippen molar-refractivity contribution < 1.29 is 9.69 Å². The van der Waals surface area contributed by atoms with Crippen molar-refractivity contribution in [1.82, 2.24) is 10.2 Å². The molecule has 1 aromatic carbocycles. The van der Waals surface area contributed by atoms with Crippen LogP contribution in [0.25, 0.3) is 0 Å². The molecule has 3 N–H and O–H groups in total. The van der Waals surface area contributed by atoms with Gasteiger partial charge in [-0.1, -0.05) is 6.07 Å². The SMILES string of the molecule is Cc1ccc(NC(=S)N2CCC[NH+](CC(=O)NC(C)(C)C)CC2)cc1C. The zero-order chi connectivity index (χ0) is 19.3. The largest absolute Gasteiger partial charge is 0.347 e. The minimum atomic E-state index is -0.175. The summed E-state index contributed by atoms with van der Waals surface area (Å²) in [6, 6.07) is 6.32. The second kappa shape index (κ2) is 8.82. The Morgan fingerprint density at radius 1 is 1.19 bits per heavy atom. The lowest BCUT2D eigenvalue weighted by molar-refractivity contribution is -0.889. The van der Waals surface area contributed by atoms with Crippen molar-refractivity contribution in [3.05, 3.63) is 29.3 Å². The first-order valence-corrected chi connectivity index (χ1v) is 9.82. The summed E-state index contributed by atoms with van der Waals surface area (Å²) in [5, 5.41) is 7.19. The maximum absolute atomic E-state index is 12.2. The van der Waals surface area contributed by atoms with Crippen molar-refractivity contribution >= 4 is 28.9 Å². The van der Waals surface area contributed by atoms with Crippen molar-refractivity contribution in [3.63, 3.8) is 0 Å². The van der Waals surface area contributed by atoms with Gasteiger partial charge >= 0.3 is 0 Å². The Morgan fingerprint density at radius 2 is 1.92 bits per heavy atom. The van der Waals surface area contributed by atoms with E-state index in [2.05, 4.69) is 47.6 Å². The first-order chi connectivity index (χ1) is 12.1. The van der Waals surface area contributed by atoms with E-state index in [-0.39, 0.29) is 11.4 Å². The average Bonchev–Trinajstić information content (AvgIpc) is 2.74. The first-order valence-electron chi connectivity index (χ1n) is 9.42. The highest BCUT2D eigenvalue weighted by Gasteiger charge is 2.23. The van der Waals surface area contributed by atoms with Crippen LogP contribution in [0.2, 0.25) is 0 Å². The molecule has 6 heteroatoms. The number of amides is 1. The maximum atomic E-state index is 12.2. The van der Waals surface area contributed by atoms with E-state index in [0.29, 0.717) is 6.54 Å². The minimum Gasteiger partial charge on any atom is -0.347 e. The monoisotopic (exact) mass is 377 g/mol. The molecule has 1 saturated heterocycles. The highest BCUT2D eigenvalue weighted by atomic mass is 32.1. The van der Waals surface area contributed by atoms with Crippen LogP contribution >= 0.6 is 12.2 Å². The van der Waals surface area contributed by atoms with Crippen molar-refractivity contribution in [2.45, 2.75) is 46.6 Å².